The smallest absolute Gasteiger partial charge is 0.417 e. The summed E-state index contributed by atoms with van der Waals surface area (Å²) in [6.45, 7) is 2.49. The molecule has 138 valence electrons. The Morgan fingerprint density at radius 1 is 1.35 bits per heavy atom. The summed E-state index contributed by atoms with van der Waals surface area (Å²) in [6.07, 6.45) is 0.247. The summed E-state index contributed by atoms with van der Waals surface area (Å²) < 4.78 is 45.1. The Morgan fingerprint density at radius 2 is 2.15 bits per heavy atom. The number of rotatable bonds is 4. The van der Waals surface area contributed by atoms with Crippen molar-refractivity contribution in [1.82, 2.24) is 10.2 Å². The quantitative estimate of drug-likeness (QED) is 0.798. The van der Waals surface area contributed by atoms with Gasteiger partial charge in [0, 0.05) is 24.2 Å². The minimum absolute atomic E-state index is 0.0830. The Labute approximate surface area is 149 Å². The van der Waals surface area contributed by atoms with Crippen LogP contribution in [0.1, 0.15) is 55.5 Å². The van der Waals surface area contributed by atoms with Crippen LogP contribution < -0.4 is 4.90 Å². The fourth-order valence-corrected chi connectivity index (χ4v) is 3.73. The lowest BCUT2D eigenvalue weighted by molar-refractivity contribution is -0.137. The highest BCUT2D eigenvalue weighted by atomic mass is 19.4. The van der Waals surface area contributed by atoms with Crippen molar-refractivity contribution < 1.29 is 17.6 Å². The van der Waals surface area contributed by atoms with Crippen molar-refractivity contribution in [2.45, 2.75) is 50.7 Å². The first kappa shape index (κ1) is 18.2. The predicted octanol–water partition coefficient (Wildman–Crippen LogP) is 4.51. The third-order valence-corrected chi connectivity index (χ3v) is 4.91. The van der Waals surface area contributed by atoms with Gasteiger partial charge in [-0.05, 0) is 44.4 Å². The van der Waals surface area contributed by atoms with Crippen LogP contribution in [0.5, 0.6) is 0 Å². The first-order chi connectivity index (χ1) is 12.4. The van der Waals surface area contributed by atoms with Crippen LogP contribution in [0.3, 0.4) is 0 Å². The van der Waals surface area contributed by atoms with Crippen LogP contribution >= 0.6 is 0 Å². The number of nitrogens with zero attached hydrogens (tertiary/aromatic N) is 4. The lowest BCUT2D eigenvalue weighted by Gasteiger charge is -2.38. The van der Waals surface area contributed by atoms with Crippen LogP contribution in [0, 0.1) is 11.3 Å². The van der Waals surface area contributed by atoms with Gasteiger partial charge in [0.2, 0.25) is 12.3 Å². The number of halogens is 3. The summed E-state index contributed by atoms with van der Waals surface area (Å²) in [5.74, 6) is 0.701. The van der Waals surface area contributed by atoms with E-state index in [1.165, 1.54) is 12.5 Å². The van der Waals surface area contributed by atoms with Crippen molar-refractivity contribution in [3.05, 3.63) is 41.6 Å². The van der Waals surface area contributed by atoms with Gasteiger partial charge in [-0.2, -0.15) is 18.4 Å². The minimum atomic E-state index is -4.56. The number of anilines is 1. The molecule has 0 saturated heterocycles. The van der Waals surface area contributed by atoms with Gasteiger partial charge in [0.05, 0.1) is 17.2 Å². The van der Waals surface area contributed by atoms with E-state index in [0.717, 1.165) is 31.7 Å². The van der Waals surface area contributed by atoms with Crippen molar-refractivity contribution in [3.63, 3.8) is 0 Å². The number of benzene rings is 1. The number of nitriles is 1. The van der Waals surface area contributed by atoms with Gasteiger partial charge in [-0.1, -0.05) is 6.42 Å². The van der Waals surface area contributed by atoms with Gasteiger partial charge < -0.3 is 9.32 Å². The van der Waals surface area contributed by atoms with Crippen molar-refractivity contribution >= 4 is 5.69 Å². The van der Waals surface area contributed by atoms with Gasteiger partial charge in [-0.3, -0.25) is 0 Å². The number of alkyl halides is 3. The molecule has 0 N–H and O–H groups in total. The molecule has 2 atom stereocenters. The molecule has 8 heteroatoms. The molecule has 1 aromatic heterocycles. The van der Waals surface area contributed by atoms with Gasteiger partial charge >= 0.3 is 6.18 Å². The van der Waals surface area contributed by atoms with Crippen LogP contribution in [0.2, 0.25) is 0 Å². The van der Waals surface area contributed by atoms with Crippen molar-refractivity contribution in [2.75, 3.05) is 11.4 Å². The van der Waals surface area contributed by atoms with Gasteiger partial charge in [-0.25, -0.2) is 0 Å². The zero-order chi connectivity index (χ0) is 18.7. The molecule has 0 spiro atoms. The highest BCUT2D eigenvalue weighted by Gasteiger charge is 2.35. The van der Waals surface area contributed by atoms with Crippen LogP contribution in [-0.2, 0) is 6.18 Å². The second-order valence-corrected chi connectivity index (χ2v) is 6.42. The number of aromatic nitrogens is 2. The molecule has 26 heavy (non-hydrogen) atoms. The molecule has 0 amide bonds. The van der Waals surface area contributed by atoms with E-state index in [9.17, 15) is 13.2 Å². The van der Waals surface area contributed by atoms with Crippen LogP contribution in [-0.4, -0.2) is 22.8 Å². The van der Waals surface area contributed by atoms with Crippen LogP contribution in [0.4, 0.5) is 18.9 Å². The summed E-state index contributed by atoms with van der Waals surface area (Å²) >= 11 is 0. The molecule has 5 nitrogen and oxygen atoms in total. The molecule has 1 heterocycles. The summed E-state index contributed by atoms with van der Waals surface area (Å²) in [4.78, 5) is 1.97. The Balaban J connectivity index is 1.88. The van der Waals surface area contributed by atoms with Crippen molar-refractivity contribution in [1.29, 1.82) is 5.26 Å². The summed E-state index contributed by atoms with van der Waals surface area (Å²) in [5.41, 5.74) is -0.764. The van der Waals surface area contributed by atoms with Crippen molar-refractivity contribution in [2.24, 2.45) is 0 Å². The number of hydrogen-bond donors (Lipinski definition) is 0. The van der Waals surface area contributed by atoms with Crippen LogP contribution in [0.25, 0.3) is 0 Å². The van der Waals surface area contributed by atoms with Gasteiger partial charge in [0.25, 0.3) is 0 Å². The highest BCUT2D eigenvalue weighted by Crippen LogP contribution is 2.38. The molecular formula is C18H19F3N4O. The highest BCUT2D eigenvalue weighted by molar-refractivity contribution is 5.55. The lowest BCUT2D eigenvalue weighted by atomic mass is 9.84. The molecule has 1 fully saturated rings. The second-order valence-electron chi connectivity index (χ2n) is 6.42. The molecule has 1 aliphatic carbocycles. The molecule has 0 radical (unpaired) electrons. The summed E-state index contributed by atoms with van der Waals surface area (Å²) in [5, 5.41) is 16.7. The molecule has 2 unspecified atom stereocenters. The van der Waals surface area contributed by atoms with E-state index >= 15 is 0 Å². The Kier molecular flexibility index (Phi) is 5.16. The van der Waals surface area contributed by atoms with Crippen LogP contribution in [0.15, 0.2) is 29.0 Å². The van der Waals surface area contributed by atoms with Gasteiger partial charge in [-0.15, -0.1) is 10.2 Å². The van der Waals surface area contributed by atoms with E-state index in [-0.39, 0.29) is 17.5 Å². The summed E-state index contributed by atoms with van der Waals surface area (Å²) in [7, 11) is 0. The Morgan fingerprint density at radius 3 is 2.77 bits per heavy atom. The zero-order valence-corrected chi connectivity index (χ0v) is 14.3. The topological polar surface area (TPSA) is 66.0 Å². The molecule has 1 aromatic carbocycles. The fourth-order valence-electron chi connectivity index (χ4n) is 3.73. The van der Waals surface area contributed by atoms with Crippen molar-refractivity contribution in [3.8, 4) is 6.07 Å². The van der Waals surface area contributed by atoms with E-state index in [0.29, 0.717) is 18.1 Å². The van der Waals surface area contributed by atoms with E-state index in [4.69, 9.17) is 9.68 Å². The zero-order valence-electron chi connectivity index (χ0n) is 14.3. The Bertz CT molecular complexity index is 783. The minimum Gasteiger partial charge on any atom is -0.428 e. The Hall–Kier alpha value is -2.56. The number of hydrogen-bond acceptors (Lipinski definition) is 5. The van der Waals surface area contributed by atoms with Gasteiger partial charge in [0.1, 0.15) is 0 Å². The van der Waals surface area contributed by atoms with E-state index in [2.05, 4.69) is 10.2 Å². The maximum atomic E-state index is 13.3. The molecule has 1 aliphatic rings. The largest absolute Gasteiger partial charge is 0.428 e. The van der Waals surface area contributed by atoms with E-state index < -0.39 is 11.7 Å². The first-order valence-electron chi connectivity index (χ1n) is 8.58. The average Bonchev–Trinajstić information content (AvgIpc) is 3.16. The average molecular weight is 364 g/mol. The third kappa shape index (κ3) is 3.66. The van der Waals surface area contributed by atoms with E-state index in [1.54, 1.807) is 12.1 Å². The predicted molar refractivity (Wildman–Crippen MR) is 88.5 cm³/mol. The van der Waals surface area contributed by atoms with E-state index in [1.807, 2.05) is 11.8 Å². The molecule has 0 aliphatic heterocycles. The third-order valence-electron chi connectivity index (χ3n) is 4.91. The summed E-state index contributed by atoms with van der Waals surface area (Å²) in [6, 6.07) is 5.63. The monoisotopic (exact) mass is 364 g/mol. The maximum absolute atomic E-state index is 13.3. The molecule has 0 bridgehead atoms. The second kappa shape index (κ2) is 7.36. The normalized spacial score (nSPS) is 20.6. The first-order valence-corrected chi connectivity index (χ1v) is 8.58. The standard InChI is InChI=1S/C18H19F3N4O/c1-2-25(14-5-3-4-12(8-14)17-24-23-11-26-17)15-7-6-13(10-22)16(9-15)18(19,20)21/h6-7,9,11-12,14H,2-5,8H2,1H3. The lowest BCUT2D eigenvalue weighted by Crippen LogP contribution is -2.38. The molecule has 1 saturated carbocycles. The maximum Gasteiger partial charge on any atom is 0.417 e. The molecule has 2 aromatic rings. The molecule has 3 rings (SSSR count). The molecular weight excluding hydrogens is 345 g/mol. The SMILES string of the molecule is CCN(c1ccc(C#N)c(C(F)(F)F)c1)C1CCCC(c2nnco2)C1. The van der Waals surface area contributed by atoms with Gasteiger partial charge in [0.15, 0.2) is 0 Å². The fraction of sp³-hybridized carbons (Fsp3) is 0.500.